The number of carbonyl (C=O) groups is 1. The highest BCUT2D eigenvalue weighted by Crippen LogP contribution is 1.94. The van der Waals surface area contributed by atoms with Crippen molar-refractivity contribution in [3.63, 3.8) is 0 Å². The lowest BCUT2D eigenvalue weighted by Gasteiger charge is -1.86. The first-order chi connectivity index (χ1) is 14.0. The predicted molar refractivity (Wildman–Crippen MR) is 127 cm³/mol. The van der Waals surface area contributed by atoms with Crippen LogP contribution >= 0.6 is 0 Å². The molecule has 0 amide bonds. The van der Waals surface area contributed by atoms with Gasteiger partial charge in [0.05, 0.1) is 0 Å². The standard InChI is InChI=1S/C7H10O.3C7H8/c1-3-4-5-6-7(2)8;3*1-7-5-3-2-4-6-7/h1H,4-6H2,2H3;3*2-6H,1H3. The van der Waals surface area contributed by atoms with Crippen molar-refractivity contribution < 1.29 is 4.79 Å². The molecular weight excluding hydrogens is 352 g/mol. The third-order valence-corrected chi connectivity index (χ3v) is 3.67. The van der Waals surface area contributed by atoms with Crippen LogP contribution in [0.3, 0.4) is 0 Å². The molecule has 0 fully saturated rings. The Morgan fingerprint density at radius 2 is 1.00 bits per heavy atom. The van der Waals surface area contributed by atoms with Crippen LogP contribution in [0.2, 0.25) is 0 Å². The molecule has 0 heterocycles. The summed E-state index contributed by atoms with van der Waals surface area (Å²) in [4.78, 5) is 10.2. The van der Waals surface area contributed by atoms with Crippen molar-refractivity contribution in [1.82, 2.24) is 0 Å². The topological polar surface area (TPSA) is 17.1 Å². The van der Waals surface area contributed by atoms with Gasteiger partial charge in [-0.1, -0.05) is 108 Å². The van der Waals surface area contributed by atoms with Gasteiger partial charge in [0.1, 0.15) is 5.78 Å². The van der Waals surface area contributed by atoms with E-state index >= 15 is 0 Å². The van der Waals surface area contributed by atoms with Crippen LogP contribution in [-0.4, -0.2) is 5.78 Å². The highest BCUT2D eigenvalue weighted by molar-refractivity contribution is 5.75. The Kier molecular flexibility index (Phi) is 16.3. The van der Waals surface area contributed by atoms with E-state index in [1.807, 2.05) is 54.6 Å². The van der Waals surface area contributed by atoms with Gasteiger partial charge in [-0.15, -0.1) is 12.3 Å². The van der Waals surface area contributed by atoms with E-state index in [-0.39, 0.29) is 5.78 Å². The second-order valence-corrected chi connectivity index (χ2v) is 6.72. The Labute approximate surface area is 177 Å². The average Bonchev–Trinajstić information content (AvgIpc) is 2.71. The van der Waals surface area contributed by atoms with Crippen LogP contribution in [0.15, 0.2) is 91.0 Å². The largest absolute Gasteiger partial charge is 0.300 e. The molecule has 3 aromatic rings. The van der Waals surface area contributed by atoms with Crippen molar-refractivity contribution in [2.45, 2.75) is 47.0 Å². The number of rotatable bonds is 3. The molecule has 1 heteroatoms. The van der Waals surface area contributed by atoms with Crippen LogP contribution in [0.1, 0.15) is 42.9 Å². The lowest BCUT2D eigenvalue weighted by molar-refractivity contribution is -0.117. The average molecular weight is 387 g/mol. The summed E-state index contributed by atoms with van der Waals surface area (Å²) in [6.45, 7) is 7.83. The Morgan fingerprint density at radius 3 is 1.17 bits per heavy atom. The smallest absolute Gasteiger partial charge is 0.129 e. The minimum absolute atomic E-state index is 0.222. The van der Waals surface area contributed by atoms with E-state index in [0.717, 1.165) is 12.8 Å². The van der Waals surface area contributed by atoms with Crippen LogP contribution in [0.5, 0.6) is 0 Å². The van der Waals surface area contributed by atoms with Crippen LogP contribution in [0.25, 0.3) is 0 Å². The number of hydrogen-bond donors (Lipinski definition) is 0. The van der Waals surface area contributed by atoms with Gasteiger partial charge in [-0.2, -0.15) is 0 Å². The first-order valence-corrected chi connectivity index (χ1v) is 9.93. The summed E-state index contributed by atoms with van der Waals surface area (Å²) in [5.41, 5.74) is 3.97. The van der Waals surface area contributed by atoms with E-state index in [4.69, 9.17) is 6.42 Å². The van der Waals surface area contributed by atoms with Crippen molar-refractivity contribution in [3.05, 3.63) is 108 Å². The fourth-order valence-electron chi connectivity index (χ4n) is 2.04. The first-order valence-electron chi connectivity index (χ1n) is 9.93. The van der Waals surface area contributed by atoms with Crippen molar-refractivity contribution >= 4 is 5.78 Å². The summed E-state index contributed by atoms with van der Waals surface area (Å²) in [5.74, 6) is 2.69. The van der Waals surface area contributed by atoms with Gasteiger partial charge in [-0.25, -0.2) is 0 Å². The predicted octanol–water partition coefficient (Wildman–Crippen LogP) is 7.36. The SMILES string of the molecule is C#CCCCC(C)=O.Cc1ccccc1.Cc1ccccc1.Cc1ccccc1. The Hall–Kier alpha value is -3.11. The highest BCUT2D eigenvalue weighted by Gasteiger charge is 1.88. The molecule has 0 unspecified atom stereocenters. The molecule has 0 aliphatic rings. The molecule has 0 aliphatic carbocycles. The number of ketones is 1. The fourth-order valence-corrected chi connectivity index (χ4v) is 2.04. The second kappa shape index (κ2) is 18.3. The van der Waals surface area contributed by atoms with E-state index in [2.05, 4.69) is 63.1 Å². The Balaban J connectivity index is 0.000000361. The molecule has 0 saturated carbocycles. The third-order valence-electron chi connectivity index (χ3n) is 3.67. The summed E-state index contributed by atoms with van der Waals surface area (Å²) < 4.78 is 0. The maximum atomic E-state index is 10.2. The summed E-state index contributed by atoms with van der Waals surface area (Å²) in [5, 5.41) is 0. The Bertz CT molecular complexity index is 695. The van der Waals surface area contributed by atoms with Gasteiger partial charge in [0, 0.05) is 12.8 Å². The molecule has 0 spiro atoms. The first kappa shape index (κ1) is 25.9. The van der Waals surface area contributed by atoms with Crippen LogP contribution in [0, 0.1) is 33.1 Å². The summed E-state index contributed by atoms with van der Waals surface area (Å²) in [6, 6.07) is 30.8. The van der Waals surface area contributed by atoms with Crippen LogP contribution < -0.4 is 0 Å². The molecule has 3 aromatic carbocycles. The van der Waals surface area contributed by atoms with Gasteiger partial charge in [0.25, 0.3) is 0 Å². The zero-order chi connectivity index (χ0) is 21.7. The number of Topliss-reactive ketones (excluding diaryl/α,β-unsaturated/α-hetero) is 1. The van der Waals surface area contributed by atoms with Gasteiger partial charge >= 0.3 is 0 Å². The minimum Gasteiger partial charge on any atom is -0.300 e. The van der Waals surface area contributed by atoms with Gasteiger partial charge < -0.3 is 4.79 Å². The zero-order valence-corrected chi connectivity index (χ0v) is 18.3. The van der Waals surface area contributed by atoms with E-state index in [0.29, 0.717) is 6.42 Å². The monoisotopic (exact) mass is 386 g/mol. The maximum Gasteiger partial charge on any atom is 0.129 e. The fraction of sp³-hybridized carbons (Fsp3) is 0.250. The number of carbonyl (C=O) groups excluding carboxylic acids is 1. The van der Waals surface area contributed by atoms with Gasteiger partial charge in [0.2, 0.25) is 0 Å². The highest BCUT2D eigenvalue weighted by atomic mass is 16.1. The molecule has 0 aliphatic heterocycles. The molecular formula is C28H34O. The summed E-state index contributed by atoms with van der Waals surface area (Å²) in [7, 11) is 0. The van der Waals surface area contributed by atoms with Gasteiger partial charge in [0.15, 0.2) is 0 Å². The van der Waals surface area contributed by atoms with Crippen molar-refractivity contribution in [2.75, 3.05) is 0 Å². The Morgan fingerprint density at radius 1 is 0.690 bits per heavy atom. The van der Waals surface area contributed by atoms with Crippen molar-refractivity contribution in [2.24, 2.45) is 0 Å². The lowest BCUT2D eigenvalue weighted by Crippen LogP contribution is -1.87. The number of benzene rings is 3. The normalized spacial score (nSPS) is 8.52. The number of terminal acetylenes is 1. The minimum atomic E-state index is 0.222. The van der Waals surface area contributed by atoms with Crippen LogP contribution in [0.4, 0.5) is 0 Å². The molecule has 0 saturated heterocycles. The quantitative estimate of drug-likeness (QED) is 0.339. The summed E-state index contributed by atoms with van der Waals surface area (Å²) in [6.07, 6.45) is 7.14. The summed E-state index contributed by atoms with van der Waals surface area (Å²) >= 11 is 0. The second-order valence-electron chi connectivity index (χ2n) is 6.72. The molecule has 29 heavy (non-hydrogen) atoms. The molecule has 3 rings (SSSR count). The molecule has 0 radical (unpaired) electrons. The van der Waals surface area contributed by atoms with E-state index < -0.39 is 0 Å². The lowest BCUT2D eigenvalue weighted by atomic mass is 10.2. The number of unbranched alkanes of at least 4 members (excludes halogenated alkanes) is 1. The molecule has 0 atom stereocenters. The van der Waals surface area contributed by atoms with Gasteiger partial charge in [-0.3, -0.25) is 0 Å². The molecule has 0 bridgehead atoms. The van der Waals surface area contributed by atoms with Crippen molar-refractivity contribution in [3.8, 4) is 12.3 Å². The molecule has 152 valence electrons. The number of aryl methyl sites for hydroxylation is 3. The molecule has 1 nitrogen and oxygen atoms in total. The molecule has 0 N–H and O–H groups in total. The molecule has 0 aromatic heterocycles. The van der Waals surface area contributed by atoms with E-state index in [9.17, 15) is 4.79 Å². The van der Waals surface area contributed by atoms with Gasteiger partial charge in [-0.05, 0) is 34.1 Å². The third kappa shape index (κ3) is 19.5. The zero-order valence-electron chi connectivity index (χ0n) is 18.3. The van der Waals surface area contributed by atoms with Crippen molar-refractivity contribution in [1.29, 1.82) is 0 Å². The van der Waals surface area contributed by atoms with E-state index in [1.54, 1.807) is 6.92 Å². The number of hydrogen-bond acceptors (Lipinski definition) is 1. The van der Waals surface area contributed by atoms with Crippen LogP contribution in [-0.2, 0) is 4.79 Å². The maximum absolute atomic E-state index is 10.2. The van der Waals surface area contributed by atoms with E-state index in [1.165, 1.54) is 16.7 Å².